The molecule has 2 heteroatoms. The van der Waals surface area contributed by atoms with E-state index in [4.69, 9.17) is 0 Å². The number of benzene rings is 1. The van der Waals surface area contributed by atoms with Crippen LogP contribution in [0.2, 0.25) is 0 Å². The standard InChI is InChI=1S/C28H43FO/c1-5-6-7-8-20-9-11-21(12-10-20)22-13-15-23(16-14-22)24-17-18-25(26(29)19-24)27(30)28(2,3)4/h17-23H,5-16H2,1-4H3. The van der Waals surface area contributed by atoms with E-state index in [0.717, 1.165) is 23.3 Å². The third-order valence-corrected chi connectivity index (χ3v) is 7.94. The summed E-state index contributed by atoms with van der Waals surface area (Å²) in [4.78, 5) is 12.4. The summed E-state index contributed by atoms with van der Waals surface area (Å²) in [5, 5.41) is 0. The van der Waals surface area contributed by atoms with Crippen LogP contribution in [-0.4, -0.2) is 5.78 Å². The Labute approximate surface area is 184 Å². The minimum absolute atomic E-state index is 0.111. The Morgan fingerprint density at radius 1 is 0.933 bits per heavy atom. The first kappa shape index (κ1) is 23.5. The largest absolute Gasteiger partial charge is 0.293 e. The van der Waals surface area contributed by atoms with Crippen molar-refractivity contribution in [1.82, 2.24) is 0 Å². The third kappa shape index (κ3) is 5.95. The molecule has 30 heavy (non-hydrogen) atoms. The van der Waals surface area contributed by atoms with Crippen LogP contribution in [0.4, 0.5) is 4.39 Å². The molecular weight excluding hydrogens is 371 g/mol. The molecule has 3 rings (SSSR count). The Bertz CT molecular complexity index is 685. The monoisotopic (exact) mass is 414 g/mol. The molecule has 1 aromatic rings. The molecule has 0 N–H and O–H groups in total. The number of carbonyl (C=O) groups is 1. The van der Waals surface area contributed by atoms with Crippen molar-refractivity contribution in [3.8, 4) is 0 Å². The molecule has 2 aliphatic rings. The van der Waals surface area contributed by atoms with Gasteiger partial charge in [-0.2, -0.15) is 0 Å². The molecule has 0 bridgehead atoms. The number of unbranched alkanes of at least 4 members (excludes halogenated alkanes) is 2. The van der Waals surface area contributed by atoms with Crippen LogP contribution in [0.15, 0.2) is 18.2 Å². The second-order valence-corrected chi connectivity index (χ2v) is 11.2. The zero-order valence-electron chi connectivity index (χ0n) is 19.8. The SMILES string of the molecule is CCCCCC1CCC(C2CCC(c3ccc(C(=O)C(C)(C)C)c(F)c3)CC2)CC1. The molecule has 1 nitrogen and oxygen atoms in total. The zero-order chi connectivity index (χ0) is 21.7. The van der Waals surface area contributed by atoms with Crippen LogP contribution >= 0.6 is 0 Å². The van der Waals surface area contributed by atoms with E-state index >= 15 is 0 Å². The molecule has 0 amide bonds. The summed E-state index contributed by atoms with van der Waals surface area (Å²) in [6.45, 7) is 7.84. The summed E-state index contributed by atoms with van der Waals surface area (Å²) in [5.41, 5.74) is 0.793. The summed E-state index contributed by atoms with van der Waals surface area (Å²) in [6, 6.07) is 5.38. The van der Waals surface area contributed by atoms with E-state index in [1.165, 1.54) is 77.0 Å². The van der Waals surface area contributed by atoms with E-state index in [2.05, 4.69) is 6.92 Å². The quantitative estimate of drug-likeness (QED) is 0.322. The van der Waals surface area contributed by atoms with Gasteiger partial charge < -0.3 is 0 Å². The number of halogens is 1. The first-order chi connectivity index (χ1) is 14.3. The maximum atomic E-state index is 14.7. The normalized spacial score (nSPS) is 27.8. The highest BCUT2D eigenvalue weighted by atomic mass is 19.1. The lowest BCUT2D eigenvalue weighted by Crippen LogP contribution is -2.25. The van der Waals surface area contributed by atoms with E-state index in [9.17, 15) is 9.18 Å². The molecule has 0 heterocycles. The van der Waals surface area contributed by atoms with Gasteiger partial charge in [-0.1, -0.05) is 72.3 Å². The van der Waals surface area contributed by atoms with Crippen molar-refractivity contribution < 1.29 is 9.18 Å². The first-order valence-electron chi connectivity index (χ1n) is 12.6. The van der Waals surface area contributed by atoms with Crippen LogP contribution in [-0.2, 0) is 0 Å². The predicted octanol–water partition coefficient (Wildman–Crippen LogP) is 8.72. The van der Waals surface area contributed by atoms with E-state index in [0.29, 0.717) is 5.92 Å². The van der Waals surface area contributed by atoms with Gasteiger partial charge in [-0.05, 0) is 79.9 Å². The average molecular weight is 415 g/mol. The predicted molar refractivity (Wildman–Crippen MR) is 124 cm³/mol. The number of carbonyl (C=O) groups excluding carboxylic acids is 1. The Kier molecular flexibility index (Phi) is 8.16. The molecule has 0 aromatic heterocycles. The van der Waals surface area contributed by atoms with Crippen molar-refractivity contribution in [2.45, 2.75) is 111 Å². The molecule has 2 fully saturated rings. The molecular formula is C28H43FO. The lowest BCUT2D eigenvalue weighted by atomic mass is 9.68. The van der Waals surface area contributed by atoms with Crippen LogP contribution in [0.3, 0.4) is 0 Å². The Morgan fingerprint density at radius 2 is 1.53 bits per heavy atom. The van der Waals surface area contributed by atoms with Crippen LogP contribution < -0.4 is 0 Å². The van der Waals surface area contributed by atoms with Gasteiger partial charge in [0.2, 0.25) is 0 Å². The zero-order valence-corrected chi connectivity index (χ0v) is 19.8. The van der Waals surface area contributed by atoms with Crippen molar-refractivity contribution in [2.75, 3.05) is 0 Å². The molecule has 0 unspecified atom stereocenters. The maximum Gasteiger partial charge on any atom is 0.171 e. The lowest BCUT2D eigenvalue weighted by Gasteiger charge is -2.38. The van der Waals surface area contributed by atoms with Gasteiger partial charge in [0.25, 0.3) is 0 Å². The van der Waals surface area contributed by atoms with Crippen molar-refractivity contribution in [2.24, 2.45) is 23.2 Å². The second-order valence-electron chi connectivity index (χ2n) is 11.2. The van der Waals surface area contributed by atoms with Crippen LogP contribution in [0.5, 0.6) is 0 Å². The summed E-state index contributed by atoms with van der Waals surface area (Å²) in [6.07, 6.45) is 16.3. The molecule has 1 aromatic carbocycles. The second kappa shape index (κ2) is 10.4. The van der Waals surface area contributed by atoms with Gasteiger partial charge in [-0.3, -0.25) is 4.79 Å². The van der Waals surface area contributed by atoms with Crippen molar-refractivity contribution in [3.05, 3.63) is 35.1 Å². The molecule has 0 aliphatic heterocycles. The van der Waals surface area contributed by atoms with Gasteiger partial charge in [0.15, 0.2) is 5.78 Å². The highest BCUT2D eigenvalue weighted by molar-refractivity contribution is 6.00. The van der Waals surface area contributed by atoms with Gasteiger partial charge in [-0.15, -0.1) is 0 Å². The van der Waals surface area contributed by atoms with E-state index in [1.54, 1.807) is 12.1 Å². The summed E-state index contributed by atoms with van der Waals surface area (Å²) >= 11 is 0. The Hall–Kier alpha value is -1.18. The average Bonchev–Trinajstić information content (AvgIpc) is 2.73. The van der Waals surface area contributed by atoms with Crippen molar-refractivity contribution in [3.63, 3.8) is 0 Å². The van der Waals surface area contributed by atoms with Gasteiger partial charge in [0.1, 0.15) is 5.82 Å². The fourth-order valence-corrected chi connectivity index (χ4v) is 5.93. The number of hydrogen-bond donors (Lipinski definition) is 0. The molecule has 0 atom stereocenters. The van der Waals surface area contributed by atoms with Gasteiger partial charge in [0, 0.05) is 5.41 Å². The summed E-state index contributed by atoms with van der Waals surface area (Å²) in [7, 11) is 0. The van der Waals surface area contributed by atoms with Crippen LogP contribution in [0, 0.1) is 29.0 Å². The van der Waals surface area contributed by atoms with Gasteiger partial charge in [-0.25, -0.2) is 4.39 Å². The Morgan fingerprint density at radius 3 is 2.07 bits per heavy atom. The molecule has 168 valence electrons. The van der Waals surface area contributed by atoms with E-state index in [-0.39, 0.29) is 17.2 Å². The number of hydrogen-bond acceptors (Lipinski definition) is 1. The highest BCUT2D eigenvalue weighted by Gasteiger charge is 2.32. The third-order valence-electron chi connectivity index (χ3n) is 7.94. The first-order valence-corrected chi connectivity index (χ1v) is 12.6. The van der Waals surface area contributed by atoms with Crippen molar-refractivity contribution >= 4 is 5.78 Å². The Balaban J connectivity index is 1.49. The van der Waals surface area contributed by atoms with Crippen LogP contribution in [0.1, 0.15) is 127 Å². The van der Waals surface area contributed by atoms with Gasteiger partial charge >= 0.3 is 0 Å². The molecule has 0 spiro atoms. The fraction of sp³-hybridized carbons (Fsp3) is 0.750. The number of Topliss-reactive ketones (excluding diaryl/α,β-unsaturated/α-hetero) is 1. The summed E-state index contributed by atoms with van der Waals surface area (Å²) in [5.74, 6) is 2.80. The number of rotatable bonds is 7. The van der Waals surface area contributed by atoms with E-state index in [1.807, 2.05) is 26.8 Å². The molecule has 0 saturated heterocycles. The minimum atomic E-state index is -0.546. The smallest absolute Gasteiger partial charge is 0.171 e. The molecule has 2 saturated carbocycles. The van der Waals surface area contributed by atoms with Crippen molar-refractivity contribution in [1.29, 1.82) is 0 Å². The van der Waals surface area contributed by atoms with Crippen LogP contribution in [0.25, 0.3) is 0 Å². The molecule has 0 radical (unpaired) electrons. The molecule has 2 aliphatic carbocycles. The number of ketones is 1. The van der Waals surface area contributed by atoms with E-state index < -0.39 is 5.41 Å². The maximum absolute atomic E-state index is 14.7. The minimum Gasteiger partial charge on any atom is -0.293 e. The lowest BCUT2D eigenvalue weighted by molar-refractivity contribution is 0.0854. The topological polar surface area (TPSA) is 17.1 Å². The summed E-state index contributed by atoms with van der Waals surface area (Å²) < 4.78 is 14.7. The highest BCUT2D eigenvalue weighted by Crippen LogP contribution is 2.44. The fourth-order valence-electron chi connectivity index (χ4n) is 5.93. The van der Waals surface area contributed by atoms with Gasteiger partial charge in [0.05, 0.1) is 5.56 Å².